The van der Waals surface area contributed by atoms with E-state index in [0.717, 1.165) is 67.0 Å². The lowest BCUT2D eigenvalue weighted by molar-refractivity contribution is -0.114. The molecule has 2 heterocycles. The number of hydrogen-bond donors (Lipinski definition) is 1. The molecular formula is C24H27FN4O. The van der Waals surface area contributed by atoms with Crippen LogP contribution in [0.5, 0.6) is 0 Å². The van der Waals surface area contributed by atoms with E-state index >= 15 is 0 Å². The van der Waals surface area contributed by atoms with Crippen molar-refractivity contribution >= 4 is 22.5 Å². The van der Waals surface area contributed by atoms with Gasteiger partial charge in [-0.15, -0.1) is 0 Å². The normalized spacial score (nSPS) is 15.8. The summed E-state index contributed by atoms with van der Waals surface area (Å²) in [7, 11) is 0. The molecule has 1 N–H and O–H groups in total. The summed E-state index contributed by atoms with van der Waals surface area (Å²) in [4.78, 5) is 20.8. The second-order valence-corrected chi connectivity index (χ2v) is 7.89. The van der Waals surface area contributed by atoms with Gasteiger partial charge in [-0.2, -0.15) is 0 Å². The molecular weight excluding hydrogens is 379 g/mol. The molecule has 0 radical (unpaired) electrons. The number of nitrogens with zero attached hydrogens (tertiary/aromatic N) is 3. The Bertz CT molecular complexity index is 1040. The molecule has 156 valence electrons. The first kappa shape index (κ1) is 20.4. The minimum atomic E-state index is -0.124. The van der Waals surface area contributed by atoms with Gasteiger partial charge in [-0.1, -0.05) is 24.3 Å². The molecule has 0 atom stereocenters. The molecule has 1 aromatic heterocycles. The van der Waals surface area contributed by atoms with Crippen LogP contribution in [0.1, 0.15) is 24.6 Å². The number of benzene rings is 2. The van der Waals surface area contributed by atoms with Crippen LogP contribution in [0.3, 0.4) is 0 Å². The van der Waals surface area contributed by atoms with E-state index in [9.17, 15) is 9.18 Å². The fraction of sp³-hybridized carbons (Fsp3) is 0.333. The zero-order valence-corrected chi connectivity index (χ0v) is 17.3. The van der Waals surface area contributed by atoms with E-state index in [4.69, 9.17) is 4.98 Å². The molecule has 0 saturated carbocycles. The molecule has 0 spiro atoms. The number of carbonyl (C=O) groups excluding carboxylic acids is 1. The molecule has 5 nitrogen and oxygen atoms in total. The highest BCUT2D eigenvalue weighted by atomic mass is 19.1. The quantitative estimate of drug-likeness (QED) is 0.695. The van der Waals surface area contributed by atoms with E-state index in [2.05, 4.69) is 27.2 Å². The molecule has 0 unspecified atom stereocenters. The van der Waals surface area contributed by atoms with Crippen molar-refractivity contribution in [2.75, 3.05) is 31.5 Å². The zero-order chi connectivity index (χ0) is 20.9. The molecule has 1 fully saturated rings. The number of carbonyl (C=O) groups is 1. The van der Waals surface area contributed by atoms with Crippen molar-refractivity contribution in [3.63, 3.8) is 0 Å². The summed E-state index contributed by atoms with van der Waals surface area (Å²) in [5, 5.41) is 3.82. The van der Waals surface area contributed by atoms with Crippen LogP contribution in [0.2, 0.25) is 0 Å². The summed E-state index contributed by atoms with van der Waals surface area (Å²) in [5.41, 5.74) is 3.52. The Morgan fingerprint density at radius 2 is 1.77 bits per heavy atom. The van der Waals surface area contributed by atoms with Gasteiger partial charge in [0.05, 0.1) is 11.2 Å². The van der Waals surface area contributed by atoms with Gasteiger partial charge in [0.15, 0.2) is 0 Å². The first-order valence-electron chi connectivity index (χ1n) is 10.4. The summed E-state index contributed by atoms with van der Waals surface area (Å²) in [6, 6.07) is 16.9. The van der Waals surface area contributed by atoms with E-state index in [-0.39, 0.29) is 11.7 Å². The fourth-order valence-electron chi connectivity index (χ4n) is 3.97. The van der Waals surface area contributed by atoms with Crippen molar-refractivity contribution in [1.29, 1.82) is 0 Å². The highest BCUT2D eigenvalue weighted by Gasteiger charge is 2.17. The maximum atomic E-state index is 14.0. The summed E-state index contributed by atoms with van der Waals surface area (Å²) in [6.45, 7) is 6.81. The van der Waals surface area contributed by atoms with Crippen LogP contribution in [0, 0.1) is 5.82 Å². The van der Waals surface area contributed by atoms with Gasteiger partial charge in [0.25, 0.3) is 0 Å². The Morgan fingerprint density at radius 1 is 1.00 bits per heavy atom. The van der Waals surface area contributed by atoms with Crippen LogP contribution in [-0.2, 0) is 17.9 Å². The minimum absolute atomic E-state index is 0.0795. The monoisotopic (exact) mass is 406 g/mol. The van der Waals surface area contributed by atoms with Gasteiger partial charge in [-0.25, -0.2) is 4.39 Å². The molecule has 1 aliphatic heterocycles. The van der Waals surface area contributed by atoms with E-state index in [1.54, 1.807) is 6.07 Å². The van der Waals surface area contributed by atoms with Gasteiger partial charge in [0, 0.05) is 49.7 Å². The number of amides is 1. The Labute approximate surface area is 176 Å². The third kappa shape index (κ3) is 5.20. The minimum Gasteiger partial charge on any atom is -0.326 e. The molecule has 0 bridgehead atoms. The third-order valence-corrected chi connectivity index (χ3v) is 5.49. The Morgan fingerprint density at radius 3 is 2.53 bits per heavy atom. The van der Waals surface area contributed by atoms with E-state index < -0.39 is 0 Å². The smallest absolute Gasteiger partial charge is 0.221 e. The van der Waals surface area contributed by atoms with Gasteiger partial charge in [-0.3, -0.25) is 19.6 Å². The van der Waals surface area contributed by atoms with Gasteiger partial charge in [0.1, 0.15) is 5.82 Å². The largest absolute Gasteiger partial charge is 0.326 e. The standard InChI is InChI=1S/C24H27FN4O/c1-18(30)26-21-9-10-24-19(15-21)7-8-22(27-24)17-29-12-4-11-28(13-14-29)16-20-5-2-3-6-23(20)25/h2-3,5-10,15H,4,11-14,16-17H2,1H3,(H,26,30). The topological polar surface area (TPSA) is 48.5 Å². The van der Waals surface area contributed by atoms with Crippen LogP contribution in [-0.4, -0.2) is 46.9 Å². The van der Waals surface area contributed by atoms with E-state index in [1.165, 1.54) is 13.0 Å². The molecule has 3 aromatic rings. The number of halogens is 1. The molecule has 4 rings (SSSR count). The fourth-order valence-corrected chi connectivity index (χ4v) is 3.97. The molecule has 2 aromatic carbocycles. The lowest BCUT2D eigenvalue weighted by Crippen LogP contribution is -2.30. The predicted octanol–water partition coefficient (Wildman–Crippen LogP) is 4.04. The first-order chi connectivity index (χ1) is 14.6. The molecule has 1 saturated heterocycles. The summed E-state index contributed by atoms with van der Waals surface area (Å²) in [5.74, 6) is -0.204. The molecule has 1 amide bonds. The second-order valence-electron chi connectivity index (χ2n) is 7.89. The summed E-state index contributed by atoms with van der Waals surface area (Å²) in [6.07, 6.45) is 1.06. The summed E-state index contributed by atoms with van der Waals surface area (Å²) < 4.78 is 14.0. The SMILES string of the molecule is CC(=O)Nc1ccc2nc(CN3CCCN(Cc4ccccc4F)CC3)ccc2c1. The highest BCUT2D eigenvalue weighted by Crippen LogP contribution is 2.19. The number of hydrogen-bond acceptors (Lipinski definition) is 4. The Hall–Kier alpha value is -2.83. The van der Waals surface area contributed by atoms with Crippen LogP contribution in [0.4, 0.5) is 10.1 Å². The van der Waals surface area contributed by atoms with Crippen molar-refractivity contribution in [2.45, 2.75) is 26.4 Å². The lowest BCUT2D eigenvalue weighted by Gasteiger charge is -2.22. The Balaban J connectivity index is 1.37. The van der Waals surface area contributed by atoms with E-state index in [0.29, 0.717) is 6.54 Å². The van der Waals surface area contributed by atoms with Gasteiger partial charge in [0.2, 0.25) is 5.91 Å². The third-order valence-electron chi connectivity index (χ3n) is 5.49. The van der Waals surface area contributed by atoms with Crippen molar-refractivity contribution < 1.29 is 9.18 Å². The zero-order valence-electron chi connectivity index (χ0n) is 17.3. The Kier molecular flexibility index (Phi) is 6.35. The van der Waals surface area contributed by atoms with Crippen molar-refractivity contribution in [1.82, 2.24) is 14.8 Å². The van der Waals surface area contributed by atoms with Crippen molar-refractivity contribution in [2.24, 2.45) is 0 Å². The number of anilines is 1. The average Bonchev–Trinajstić information content (AvgIpc) is 2.94. The lowest BCUT2D eigenvalue weighted by atomic mass is 10.1. The van der Waals surface area contributed by atoms with Gasteiger partial charge >= 0.3 is 0 Å². The van der Waals surface area contributed by atoms with Gasteiger partial charge in [-0.05, 0) is 49.8 Å². The average molecular weight is 407 g/mol. The van der Waals surface area contributed by atoms with Crippen LogP contribution < -0.4 is 5.32 Å². The molecule has 0 aliphatic carbocycles. The number of fused-ring (bicyclic) bond motifs is 1. The van der Waals surface area contributed by atoms with Crippen LogP contribution in [0.25, 0.3) is 10.9 Å². The molecule has 6 heteroatoms. The first-order valence-corrected chi connectivity index (χ1v) is 10.4. The van der Waals surface area contributed by atoms with E-state index in [1.807, 2.05) is 30.3 Å². The summed E-state index contributed by atoms with van der Waals surface area (Å²) >= 11 is 0. The maximum Gasteiger partial charge on any atom is 0.221 e. The van der Waals surface area contributed by atoms with Gasteiger partial charge < -0.3 is 5.32 Å². The van der Waals surface area contributed by atoms with Crippen molar-refractivity contribution in [3.05, 3.63) is 71.7 Å². The number of nitrogens with one attached hydrogen (secondary N) is 1. The van der Waals surface area contributed by atoms with Crippen molar-refractivity contribution in [3.8, 4) is 0 Å². The maximum absolute atomic E-state index is 14.0. The van der Waals surface area contributed by atoms with Crippen LogP contribution >= 0.6 is 0 Å². The number of aromatic nitrogens is 1. The number of pyridine rings is 1. The number of rotatable bonds is 5. The highest BCUT2D eigenvalue weighted by molar-refractivity contribution is 5.92. The van der Waals surface area contributed by atoms with Crippen LogP contribution in [0.15, 0.2) is 54.6 Å². The molecule has 1 aliphatic rings. The second kappa shape index (κ2) is 9.32. The molecule has 30 heavy (non-hydrogen) atoms. The predicted molar refractivity (Wildman–Crippen MR) is 118 cm³/mol.